The zero-order valence-electron chi connectivity index (χ0n) is 13.2. The van der Waals surface area contributed by atoms with Gasteiger partial charge in [-0.1, -0.05) is 0 Å². The van der Waals surface area contributed by atoms with E-state index >= 15 is 0 Å². The minimum absolute atomic E-state index is 0.185. The zero-order valence-corrected chi connectivity index (χ0v) is 14.0. The van der Waals surface area contributed by atoms with Gasteiger partial charge < -0.3 is 10.5 Å². The van der Waals surface area contributed by atoms with Crippen LogP contribution in [0.15, 0.2) is 35.2 Å². The van der Waals surface area contributed by atoms with Gasteiger partial charge in [-0.05, 0) is 58.1 Å². The average Bonchev–Trinajstić information content (AvgIpc) is 2.88. The number of nitrogens with zero attached hydrogens (tertiary/aromatic N) is 1. The minimum Gasteiger partial charge on any atom is -0.457 e. The van der Waals surface area contributed by atoms with Crippen molar-refractivity contribution in [2.45, 2.75) is 23.8 Å². The number of hydrogen-bond acceptors (Lipinski definition) is 4. The molecule has 2 N–H and O–H groups in total. The fourth-order valence-electron chi connectivity index (χ4n) is 3.02. The fraction of sp³-hybridized carbons (Fsp3) is 0.222. The molecule has 0 spiro atoms. The fourth-order valence-corrected chi connectivity index (χ4v) is 4.11. The Labute approximate surface area is 140 Å². The van der Waals surface area contributed by atoms with Crippen molar-refractivity contribution >= 4 is 15.4 Å². The number of ether oxygens (including phenoxy) is 1. The summed E-state index contributed by atoms with van der Waals surface area (Å²) in [4.78, 5) is 0.645. The third-order valence-corrected chi connectivity index (χ3v) is 5.33. The van der Waals surface area contributed by atoms with Crippen molar-refractivity contribution in [2.75, 3.05) is 6.26 Å². The molecule has 0 amide bonds. The number of nitrogens with two attached hydrogens (primary N) is 1. The molecule has 0 saturated carbocycles. The van der Waals surface area contributed by atoms with E-state index in [1.165, 1.54) is 12.1 Å². The Morgan fingerprint density at radius 2 is 2.17 bits per heavy atom. The van der Waals surface area contributed by atoms with Crippen LogP contribution >= 0.6 is 0 Å². The third kappa shape index (κ3) is 3.01. The Bertz CT molecular complexity index is 962. The molecule has 4 nitrogen and oxygen atoms in total. The standard InChI is InChI=1S/C18H17FN2O2S/c1-24(2,22)17-6-5-16(14-3-4-15(21)18(14)17)23-13-8-11(10-20)7-12(19)9-13/h5-9,15H,1,3-4,21H2,2H3. The molecular formula is C18H17FN2O2S. The summed E-state index contributed by atoms with van der Waals surface area (Å²) >= 11 is 0. The van der Waals surface area contributed by atoms with Crippen LogP contribution in [0.5, 0.6) is 11.5 Å². The summed E-state index contributed by atoms with van der Waals surface area (Å²) in [7, 11) is -2.41. The topological polar surface area (TPSA) is 76.1 Å². The molecule has 0 saturated heterocycles. The number of rotatable bonds is 3. The molecule has 0 aromatic heterocycles. The van der Waals surface area contributed by atoms with E-state index in [0.717, 1.165) is 23.6 Å². The number of fused-ring (bicyclic) bond motifs is 1. The first-order valence-corrected chi connectivity index (χ1v) is 9.55. The molecule has 0 bridgehead atoms. The van der Waals surface area contributed by atoms with Gasteiger partial charge in [0, 0.05) is 28.8 Å². The van der Waals surface area contributed by atoms with Crippen molar-refractivity contribution in [1.29, 1.82) is 5.26 Å². The monoisotopic (exact) mass is 344 g/mol. The molecule has 1 aliphatic rings. The highest BCUT2D eigenvalue weighted by atomic mass is 32.2. The van der Waals surface area contributed by atoms with E-state index in [1.807, 2.05) is 6.07 Å². The molecule has 3 rings (SSSR count). The highest BCUT2D eigenvalue weighted by molar-refractivity contribution is 7.99. The summed E-state index contributed by atoms with van der Waals surface area (Å²) in [6.07, 6.45) is 3.00. The van der Waals surface area contributed by atoms with E-state index in [-0.39, 0.29) is 17.4 Å². The van der Waals surface area contributed by atoms with Crippen LogP contribution in [0.1, 0.15) is 29.2 Å². The maximum Gasteiger partial charge on any atom is 0.131 e. The zero-order chi connectivity index (χ0) is 17.5. The van der Waals surface area contributed by atoms with Crippen LogP contribution in [0.25, 0.3) is 0 Å². The Morgan fingerprint density at radius 1 is 1.42 bits per heavy atom. The predicted octanol–water partition coefficient (Wildman–Crippen LogP) is 3.14. The van der Waals surface area contributed by atoms with E-state index in [2.05, 4.69) is 5.87 Å². The molecule has 1 aliphatic carbocycles. The van der Waals surface area contributed by atoms with Crippen LogP contribution in [-0.4, -0.2) is 16.3 Å². The number of nitriles is 1. The van der Waals surface area contributed by atoms with Crippen molar-refractivity contribution in [3.63, 3.8) is 0 Å². The summed E-state index contributed by atoms with van der Waals surface area (Å²) in [5.74, 6) is 3.99. The van der Waals surface area contributed by atoms with Crippen molar-refractivity contribution < 1.29 is 13.3 Å². The van der Waals surface area contributed by atoms with Gasteiger partial charge in [0.25, 0.3) is 0 Å². The summed E-state index contributed by atoms with van der Waals surface area (Å²) in [5, 5.41) is 8.94. The molecule has 0 aliphatic heterocycles. The second kappa shape index (κ2) is 5.93. The molecule has 2 aromatic carbocycles. The first-order valence-electron chi connectivity index (χ1n) is 7.42. The molecule has 2 unspecified atom stereocenters. The largest absolute Gasteiger partial charge is 0.457 e. The van der Waals surface area contributed by atoms with Gasteiger partial charge in [0.15, 0.2) is 0 Å². The van der Waals surface area contributed by atoms with Gasteiger partial charge in [0.1, 0.15) is 17.3 Å². The molecule has 0 radical (unpaired) electrons. The van der Waals surface area contributed by atoms with Gasteiger partial charge in [0.2, 0.25) is 0 Å². The van der Waals surface area contributed by atoms with E-state index < -0.39 is 15.3 Å². The summed E-state index contributed by atoms with van der Waals surface area (Å²) in [5.41, 5.74) is 8.04. The number of benzene rings is 2. The lowest BCUT2D eigenvalue weighted by Gasteiger charge is -2.17. The Morgan fingerprint density at radius 3 is 2.83 bits per heavy atom. The Balaban J connectivity index is 2.09. The quantitative estimate of drug-likeness (QED) is 0.868. The maximum atomic E-state index is 13.6. The first kappa shape index (κ1) is 16.5. The molecular weight excluding hydrogens is 327 g/mol. The smallest absolute Gasteiger partial charge is 0.131 e. The highest BCUT2D eigenvalue weighted by Crippen LogP contribution is 2.41. The lowest BCUT2D eigenvalue weighted by molar-refractivity contribution is 0.471. The van der Waals surface area contributed by atoms with Gasteiger partial charge in [-0.15, -0.1) is 0 Å². The lowest BCUT2D eigenvalue weighted by Crippen LogP contribution is -2.11. The molecule has 0 heterocycles. The van der Waals surface area contributed by atoms with Gasteiger partial charge in [-0.25, -0.2) is 4.39 Å². The predicted molar refractivity (Wildman–Crippen MR) is 92.3 cm³/mol. The molecule has 0 fully saturated rings. The molecule has 2 atom stereocenters. The number of halogens is 1. The highest BCUT2D eigenvalue weighted by Gasteiger charge is 2.28. The second-order valence-electron chi connectivity index (χ2n) is 5.99. The van der Waals surface area contributed by atoms with Crippen molar-refractivity contribution in [3.05, 3.63) is 52.8 Å². The third-order valence-electron chi connectivity index (χ3n) is 4.04. The summed E-state index contributed by atoms with van der Waals surface area (Å²) < 4.78 is 31.8. The summed E-state index contributed by atoms with van der Waals surface area (Å²) in [6.45, 7) is 0. The minimum atomic E-state index is -2.41. The van der Waals surface area contributed by atoms with Crippen LogP contribution in [0, 0.1) is 17.1 Å². The van der Waals surface area contributed by atoms with E-state index in [0.29, 0.717) is 17.1 Å². The average molecular weight is 344 g/mol. The van der Waals surface area contributed by atoms with Crippen LogP contribution in [0.4, 0.5) is 4.39 Å². The molecule has 2 aromatic rings. The number of hydrogen-bond donors (Lipinski definition) is 1. The van der Waals surface area contributed by atoms with Crippen molar-refractivity contribution in [3.8, 4) is 17.6 Å². The molecule has 6 heteroatoms. The van der Waals surface area contributed by atoms with Gasteiger partial charge in [0.05, 0.1) is 11.6 Å². The van der Waals surface area contributed by atoms with E-state index in [1.54, 1.807) is 18.4 Å². The first-order chi connectivity index (χ1) is 11.3. The second-order valence-corrected chi connectivity index (χ2v) is 8.44. The Kier molecular flexibility index (Phi) is 4.08. The normalized spacial score (nSPS) is 18.5. The van der Waals surface area contributed by atoms with Crippen LogP contribution in [0.2, 0.25) is 0 Å². The van der Waals surface area contributed by atoms with Gasteiger partial charge in [-0.3, -0.25) is 4.21 Å². The lowest BCUT2D eigenvalue weighted by atomic mass is 10.1. The maximum absolute atomic E-state index is 13.6. The Hall–Kier alpha value is -2.36. The molecule has 124 valence electrons. The SMILES string of the molecule is C=S(C)(=O)c1ccc(Oc2cc(F)cc(C#N)c2)c2c1C(N)CC2. The summed E-state index contributed by atoms with van der Waals surface area (Å²) in [6, 6.07) is 8.93. The molecule has 24 heavy (non-hydrogen) atoms. The van der Waals surface area contributed by atoms with Gasteiger partial charge in [-0.2, -0.15) is 5.26 Å². The van der Waals surface area contributed by atoms with Crippen molar-refractivity contribution in [1.82, 2.24) is 0 Å². The van der Waals surface area contributed by atoms with Crippen LogP contribution in [-0.2, 0) is 15.9 Å². The van der Waals surface area contributed by atoms with Crippen LogP contribution < -0.4 is 10.5 Å². The van der Waals surface area contributed by atoms with Crippen molar-refractivity contribution in [2.24, 2.45) is 5.73 Å². The van der Waals surface area contributed by atoms with Crippen LogP contribution in [0.3, 0.4) is 0 Å². The van der Waals surface area contributed by atoms with E-state index in [9.17, 15) is 8.60 Å². The van der Waals surface area contributed by atoms with Gasteiger partial charge >= 0.3 is 0 Å². The van der Waals surface area contributed by atoms with E-state index in [4.69, 9.17) is 15.7 Å².